The number of unbranched alkanes of at least 4 members (excludes halogenated alkanes) is 1. The molecule has 0 bridgehead atoms. The quantitative estimate of drug-likeness (QED) is 0.656. The average Bonchev–Trinajstić information content (AvgIpc) is 2.24. The highest BCUT2D eigenvalue weighted by molar-refractivity contribution is 4.85. The lowest BCUT2D eigenvalue weighted by atomic mass is 9.83. The summed E-state index contributed by atoms with van der Waals surface area (Å²) >= 11 is 0. The van der Waals surface area contributed by atoms with Gasteiger partial charge in [0, 0.05) is 18.7 Å². The van der Waals surface area contributed by atoms with Gasteiger partial charge in [-0.1, -0.05) is 32.6 Å². The zero-order valence-electron chi connectivity index (χ0n) is 10.5. The molecule has 1 N–H and O–H groups in total. The van der Waals surface area contributed by atoms with Crippen LogP contribution >= 0.6 is 0 Å². The standard InChI is InChI=1S/C13H27NO/c1-3-4-11-15-12-10-14-13(2)8-6-5-7-9-13/h14H,3-12H2,1-2H3. The molecule has 1 saturated carbocycles. The van der Waals surface area contributed by atoms with E-state index in [1.165, 1.54) is 44.9 Å². The third-order valence-electron chi connectivity index (χ3n) is 3.40. The molecular weight excluding hydrogens is 186 g/mol. The molecule has 1 rings (SSSR count). The van der Waals surface area contributed by atoms with E-state index in [0.29, 0.717) is 5.54 Å². The third-order valence-corrected chi connectivity index (χ3v) is 3.40. The van der Waals surface area contributed by atoms with Crippen molar-refractivity contribution in [2.75, 3.05) is 19.8 Å². The van der Waals surface area contributed by atoms with Gasteiger partial charge >= 0.3 is 0 Å². The molecule has 0 atom stereocenters. The first-order chi connectivity index (χ1) is 7.27. The molecule has 0 unspecified atom stereocenters. The van der Waals surface area contributed by atoms with Gasteiger partial charge in [0.2, 0.25) is 0 Å². The minimum absolute atomic E-state index is 0.395. The maximum atomic E-state index is 5.55. The van der Waals surface area contributed by atoms with Crippen molar-refractivity contribution >= 4 is 0 Å². The van der Waals surface area contributed by atoms with Crippen molar-refractivity contribution in [1.29, 1.82) is 0 Å². The summed E-state index contributed by atoms with van der Waals surface area (Å²) in [5.41, 5.74) is 0.395. The summed E-state index contributed by atoms with van der Waals surface area (Å²) in [5, 5.41) is 3.65. The summed E-state index contributed by atoms with van der Waals surface area (Å²) in [4.78, 5) is 0. The van der Waals surface area contributed by atoms with Gasteiger partial charge in [-0.2, -0.15) is 0 Å². The molecule has 1 aliphatic rings. The van der Waals surface area contributed by atoms with Crippen LogP contribution in [0.4, 0.5) is 0 Å². The molecule has 0 spiro atoms. The van der Waals surface area contributed by atoms with E-state index in [-0.39, 0.29) is 0 Å². The second-order valence-electron chi connectivity index (χ2n) is 5.01. The molecule has 0 aromatic carbocycles. The van der Waals surface area contributed by atoms with Gasteiger partial charge in [0.1, 0.15) is 0 Å². The molecule has 0 radical (unpaired) electrons. The van der Waals surface area contributed by atoms with Crippen LogP contribution in [0, 0.1) is 0 Å². The van der Waals surface area contributed by atoms with Gasteiger partial charge in [0.25, 0.3) is 0 Å². The number of rotatable bonds is 7. The van der Waals surface area contributed by atoms with Crippen LogP contribution in [-0.4, -0.2) is 25.3 Å². The van der Waals surface area contributed by atoms with Crippen LogP contribution in [0.5, 0.6) is 0 Å². The van der Waals surface area contributed by atoms with Crippen LogP contribution in [0.2, 0.25) is 0 Å². The van der Waals surface area contributed by atoms with Gasteiger partial charge < -0.3 is 10.1 Å². The van der Waals surface area contributed by atoms with Crippen LogP contribution < -0.4 is 5.32 Å². The van der Waals surface area contributed by atoms with Crippen LogP contribution in [0.25, 0.3) is 0 Å². The summed E-state index contributed by atoms with van der Waals surface area (Å²) in [6.45, 7) is 7.37. The molecular formula is C13H27NO. The second kappa shape index (κ2) is 7.24. The summed E-state index contributed by atoms with van der Waals surface area (Å²) in [7, 11) is 0. The minimum Gasteiger partial charge on any atom is -0.380 e. The van der Waals surface area contributed by atoms with Crippen molar-refractivity contribution in [3.63, 3.8) is 0 Å². The van der Waals surface area contributed by atoms with E-state index in [2.05, 4.69) is 19.2 Å². The first-order valence-corrected chi connectivity index (χ1v) is 6.60. The van der Waals surface area contributed by atoms with Crippen LogP contribution in [0.3, 0.4) is 0 Å². The first kappa shape index (κ1) is 13.0. The number of ether oxygens (including phenoxy) is 1. The SMILES string of the molecule is CCCCOCCNC1(C)CCCCC1. The topological polar surface area (TPSA) is 21.3 Å². The highest BCUT2D eigenvalue weighted by Crippen LogP contribution is 2.27. The predicted molar refractivity (Wildman–Crippen MR) is 65.2 cm³/mol. The smallest absolute Gasteiger partial charge is 0.0591 e. The van der Waals surface area contributed by atoms with E-state index in [1.807, 2.05) is 0 Å². The van der Waals surface area contributed by atoms with Crippen LogP contribution in [-0.2, 0) is 4.74 Å². The molecule has 2 heteroatoms. The molecule has 0 aliphatic heterocycles. The van der Waals surface area contributed by atoms with Crippen molar-refractivity contribution in [3.8, 4) is 0 Å². The Balaban J connectivity index is 1.98. The Morgan fingerprint density at radius 2 is 1.87 bits per heavy atom. The summed E-state index contributed by atoms with van der Waals surface area (Å²) in [5.74, 6) is 0. The van der Waals surface area contributed by atoms with Crippen molar-refractivity contribution in [2.45, 2.75) is 64.3 Å². The van der Waals surface area contributed by atoms with Gasteiger partial charge in [0.05, 0.1) is 6.61 Å². The Hall–Kier alpha value is -0.0800. The van der Waals surface area contributed by atoms with E-state index in [4.69, 9.17) is 4.74 Å². The Morgan fingerprint density at radius 3 is 2.53 bits per heavy atom. The molecule has 1 aliphatic carbocycles. The molecule has 1 fully saturated rings. The lowest BCUT2D eigenvalue weighted by Crippen LogP contribution is -2.45. The third kappa shape index (κ3) is 5.53. The highest BCUT2D eigenvalue weighted by atomic mass is 16.5. The molecule has 0 aromatic rings. The van der Waals surface area contributed by atoms with Gasteiger partial charge in [-0.25, -0.2) is 0 Å². The molecule has 90 valence electrons. The van der Waals surface area contributed by atoms with Crippen molar-refractivity contribution < 1.29 is 4.74 Å². The Morgan fingerprint density at radius 1 is 1.13 bits per heavy atom. The molecule has 0 saturated heterocycles. The Kier molecular flexibility index (Phi) is 6.26. The fourth-order valence-corrected chi connectivity index (χ4v) is 2.28. The first-order valence-electron chi connectivity index (χ1n) is 6.60. The maximum Gasteiger partial charge on any atom is 0.0591 e. The average molecular weight is 213 g/mol. The number of hydrogen-bond acceptors (Lipinski definition) is 2. The number of hydrogen-bond donors (Lipinski definition) is 1. The van der Waals surface area contributed by atoms with E-state index in [9.17, 15) is 0 Å². The Bertz CT molecular complexity index is 153. The van der Waals surface area contributed by atoms with E-state index in [1.54, 1.807) is 0 Å². The van der Waals surface area contributed by atoms with Crippen molar-refractivity contribution in [1.82, 2.24) is 5.32 Å². The second-order valence-corrected chi connectivity index (χ2v) is 5.01. The maximum absolute atomic E-state index is 5.55. The summed E-state index contributed by atoms with van der Waals surface area (Å²) < 4.78 is 5.55. The van der Waals surface area contributed by atoms with Gasteiger partial charge in [0.15, 0.2) is 0 Å². The number of nitrogens with one attached hydrogen (secondary N) is 1. The van der Waals surface area contributed by atoms with Crippen molar-refractivity contribution in [2.24, 2.45) is 0 Å². The van der Waals surface area contributed by atoms with E-state index >= 15 is 0 Å². The van der Waals surface area contributed by atoms with Gasteiger partial charge in [-0.3, -0.25) is 0 Å². The normalized spacial score (nSPS) is 20.4. The summed E-state index contributed by atoms with van der Waals surface area (Å²) in [6, 6.07) is 0. The van der Waals surface area contributed by atoms with E-state index < -0.39 is 0 Å². The predicted octanol–water partition coefficient (Wildman–Crippen LogP) is 3.12. The van der Waals surface area contributed by atoms with Crippen molar-refractivity contribution in [3.05, 3.63) is 0 Å². The van der Waals surface area contributed by atoms with Gasteiger partial charge in [-0.15, -0.1) is 0 Å². The molecule has 0 heterocycles. The van der Waals surface area contributed by atoms with E-state index in [0.717, 1.165) is 19.8 Å². The molecule has 15 heavy (non-hydrogen) atoms. The fourth-order valence-electron chi connectivity index (χ4n) is 2.28. The lowest BCUT2D eigenvalue weighted by molar-refractivity contribution is 0.121. The van der Waals surface area contributed by atoms with Crippen LogP contribution in [0.1, 0.15) is 58.8 Å². The molecule has 0 aromatic heterocycles. The molecule has 2 nitrogen and oxygen atoms in total. The minimum atomic E-state index is 0.395. The molecule has 0 amide bonds. The highest BCUT2D eigenvalue weighted by Gasteiger charge is 2.25. The fraction of sp³-hybridized carbons (Fsp3) is 1.00. The van der Waals surface area contributed by atoms with Crippen LogP contribution in [0.15, 0.2) is 0 Å². The summed E-state index contributed by atoms with van der Waals surface area (Å²) in [6.07, 6.45) is 9.29. The largest absolute Gasteiger partial charge is 0.380 e. The lowest BCUT2D eigenvalue weighted by Gasteiger charge is -2.34. The zero-order chi connectivity index (χ0) is 11.0. The zero-order valence-corrected chi connectivity index (χ0v) is 10.5. The Labute approximate surface area is 94.8 Å². The monoisotopic (exact) mass is 213 g/mol. The van der Waals surface area contributed by atoms with Gasteiger partial charge in [-0.05, 0) is 26.2 Å².